The van der Waals surface area contributed by atoms with Crippen molar-refractivity contribution < 1.29 is 14.6 Å². The number of aliphatic hydroxyl groups is 1. The first-order valence-electron chi connectivity index (χ1n) is 12.7. The van der Waals surface area contributed by atoms with Crippen LogP contribution in [-0.4, -0.2) is 24.3 Å². The van der Waals surface area contributed by atoms with E-state index in [9.17, 15) is 9.90 Å². The summed E-state index contributed by atoms with van der Waals surface area (Å²) < 4.78 is 5.10. The van der Waals surface area contributed by atoms with E-state index in [1.807, 2.05) is 37.3 Å². The molecular formula is C30H44O3. The van der Waals surface area contributed by atoms with Gasteiger partial charge in [-0.2, -0.15) is 0 Å². The maximum absolute atomic E-state index is 12.5. The lowest BCUT2D eigenvalue weighted by Crippen LogP contribution is -2.33. The molecule has 2 atom stereocenters. The Morgan fingerprint density at radius 2 is 1.24 bits per heavy atom. The van der Waals surface area contributed by atoms with Crippen molar-refractivity contribution in [3.8, 4) is 0 Å². The maximum atomic E-state index is 12.5. The minimum Gasteiger partial charge on any atom is -0.468 e. The summed E-state index contributed by atoms with van der Waals surface area (Å²) in [5.74, 6) is -0.177. The van der Waals surface area contributed by atoms with E-state index in [0.717, 1.165) is 50.5 Å². The second-order valence-electron chi connectivity index (χ2n) is 10.3. The highest BCUT2D eigenvalue weighted by atomic mass is 16.5. The van der Waals surface area contributed by atoms with Crippen LogP contribution in [0.25, 0.3) is 0 Å². The molecule has 0 aliphatic rings. The zero-order chi connectivity index (χ0) is 24.2. The molecule has 0 spiro atoms. The first-order chi connectivity index (χ1) is 15.8. The minimum atomic E-state index is -0.609. The van der Waals surface area contributed by atoms with Gasteiger partial charge >= 0.3 is 5.97 Å². The van der Waals surface area contributed by atoms with Gasteiger partial charge in [-0.25, -0.2) is 0 Å². The van der Waals surface area contributed by atoms with Crippen LogP contribution >= 0.6 is 0 Å². The number of rotatable bonds is 15. The van der Waals surface area contributed by atoms with Crippen molar-refractivity contribution in [1.82, 2.24) is 0 Å². The van der Waals surface area contributed by atoms with E-state index in [0.29, 0.717) is 0 Å². The van der Waals surface area contributed by atoms with Crippen LogP contribution in [0.5, 0.6) is 0 Å². The Labute approximate surface area is 201 Å². The second kappa shape index (κ2) is 13.5. The van der Waals surface area contributed by atoms with Gasteiger partial charge < -0.3 is 9.84 Å². The SMILES string of the molecule is COC(=O)C(C)(CCCCCC(O)CCCCCC(C)(C)c1ccccc1)c1ccccc1. The lowest BCUT2D eigenvalue weighted by Gasteiger charge is -2.27. The molecule has 3 nitrogen and oxygen atoms in total. The highest BCUT2D eigenvalue weighted by Gasteiger charge is 2.35. The number of carbonyl (C=O) groups is 1. The van der Waals surface area contributed by atoms with Crippen molar-refractivity contribution in [2.45, 2.75) is 102 Å². The van der Waals surface area contributed by atoms with Crippen molar-refractivity contribution in [3.05, 3.63) is 71.8 Å². The normalized spacial score (nSPS) is 14.5. The molecule has 0 saturated heterocycles. The Balaban J connectivity index is 1.61. The highest BCUT2D eigenvalue weighted by molar-refractivity contribution is 5.82. The number of esters is 1. The summed E-state index contributed by atoms with van der Waals surface area (Å²) in [4.78, 5) is 12.5. The predicted octanol–water partition coefficient (Wildman–Crippen LogP) is 7.36. The third-order valence-electron chi connectivity index (χ3n) is 7.16. The average Bonchev–Trinajstić information content (AvgIpc) is 2.84. The van der Waals surface area contributed by atoms with Gasteiger partial charge in [0.25, 0.3) is 0 Å². The number of aliphatic hydroxyl groups excluding tert-OH is 1. The van der Waals surface area contributed by atoms with Crippen LogP contribution in [0.3, 0.4) is 0 Å². The van der Waals surface area contributed by atoms with Crippen molar-refractivity contribution in [2.24, 2.45) is 0 Å². The van der Waals surface area contributed by atoms with Gasteiger partial charge in [-0.05, 0) is 49.1 Å². The molecule has 0 aliphatic carbocycles. The quantitative estimate of drug-likeness (QED) is 0.227. The first kappa shape index (κ1) is 27.1. The van der Waals surface area contributed by atoms with Crippen molar-refractivity contribution in [2.75, 3.05) is 7.11 Å². The molecule has 182 valence electrons. The first-order valence-corrected chi connectivity index (χ1v) is 12.7. The van der Waals surface area contributed by atoms with E-state index in [1.165, 1.54) is 31.9 Å². The molecule has 0 amide bonds. The molecule has 0 aliphatic heterocycles. The third kappa shape index (κ3) is 8.62. The largest absolute Gasteiger partial charge is 0.468 e. The van der Waals surface area contributed by atoms with Gasteiger partial charge in [0.05, 0.1) is 18.6 Å². The predicted molar refractivity (Wildman–Crippen MR) is 137 cm³/mol. The molecule has 2 aromatic carbocycles. The Bertz CT molecular complexity index is 800. The van der Waals surface area contributed by atoms with Crippen molar-refractivity contribution in [1.29, 1.82) is 0 Å². The van der Waals surface area contributed by atoms with E-state index in [2.05, 4.69) is 44.2 Å². The molecule has 2 aromatic rings. The van der Waals surface area contributed by atoms with E-state index in [4.69, 9.17) is 4.74 Å². The summed E-state index contributed by atoms with van der Waals surface area (Å²) in [6, 6.07) is 20.6. The van der Waals surface area contributed by atoms with Gasteiger partial charge in [-0.15, -0.1) is 0 Å². The molecule has 0 fully saturated rings. The standard InChI is InChI=1S/C30H44O3/c1-29(2,25-17-9-5-10-18-25)23-15-7-13-21-27(31)22-14-8-16-24-30(3,28(32)33-4)26-19-11-6-12-20-26/h5-6,9-12,17-20,27,31H,7-8,13-16,21-24H2,1-4H3. The number of hydrogen-bond acceptors (Lipinski definition) is 3. The van der Waals surface area contributed by atoms with E-state index < -0.39 is 5.41 Å². The molecule has 0 saturated carbocycles. The fraction of sp³-hybridized carbons (Fsp3) is 0.567. The molecule has 2 rings (SSSR count). The topological polar surface area (TPSA) is 46.5 Å². The molecule has 1 N–H and O–H groups in total. The van der Waals surface area contributed by atoms with Gasteiger partial charge in [0.1, 0.15) is 0 Å². The number of methoxy groups -OCH3 is 1. The summed E-state index contributed by atoms with van der Waals surface area (Å²) in [7, 11) is 1.46. The van der Waals surface area contributed by atoms with Crippen LogP contribution in [0.2, 0.25) is 0 Å². The smallest absolute Gasteiger partial charge is 0.315 e. The van der Waals surface area contributed by atoms with E-state index >= 15 is 0 Å². The van der Waals surface area contributed by atoms with Gasteiger partial charge in [0.15, 0.2) is 0 Å². The second-order valence-corrected chi connectivity index (χ2v) is 10.3. The van der Waals surface area contributed by atoms with Crippen LogP contribution in [0.15, 0.2) is 60.7 Å². The number of benzene rings is 2. The molecule has 0 aromatic heterocycles. The Hall–Kier alpha value is -2.13. The number of ether oxygens (including phenoxy) is 1. The molecular weight excluding hydrogens is 408 g/mol. The molecule has 2 unspecified atom stereocenters. The Kier molecular flexibility index (Phi) is 11.1. The molecule has 0 heterocycles. The van der Waals surface area contributed by atoms with Crippen LogP contribution in [0.4, 0.5) is 0 Å². The van der Waals surface area contributed by atoms with Gasteiger partial charge in [0, 0.05) is 0 Å². The summed E-state index contributed by atoms with van der Waals surface area (Å²) in [6.45, 7) is 6.61. The number of unbranched alkanes of at least 4 members (excludes halogenated alkanes) is 4. The Morgan fingerprint density at radius 3 is 1.76 bits per heavy atom. The summed E-state index contributed by atoms with van der Waals surface area (Å²) >= 11 is 0. The lowest BCUT2D eigenvalue weighted by molar-refractivity contribution is -0.147. The van der Waals surface area contributed by atoms with Gasteiger partial charge in [-0.3, -0.25) is 4.79 Å². The molecule has 33 heavy (non-hydrogen) atoms. The zero-order valence-corrected chi connectivity index (χ0v) is 21.2. The number of carbonyl (C=O) groups excluding carboxylic acids is 1. The monoisotopic (exact) mass is 452 g/mol. The Morgan fingerprint density at radius 1 is 0.758 bits per heavy atom. The van der Waals surface area contributed by atoms with Crippen LogP contribution in [-0.2, 0) is 20.4 Å². The summed E-state index contributed by atoms with van der Waals surface area (Å²) in [5.41, 5.74) is 2.01. The van der Waals surface area contributed by atoms with Crippen LogP contribution in [0, 0.1) is 0 Å². The average molecular weight is 453 g/mol. The molecule has 3 heteroatoms. The maximum Gasteiger partial charge on any atom is 0.315 e. The molecule has 0 radical (unpaired) electrons. The van der Waals surface area contributed by atoms with E-state index in [-0.39, 0.29) is 17.5 Å². The van der Waals surface area contributed by atoms with Gasteiger partial charge in [-0.1, -0.05) is 113 Å². The third-order valence-corrected chi connectivity index (χ3v) is 7.16. The highest BCUT2D eigenvalue weighted by Crippen LogP contribution is 2.32. The van der Waals surface area contributed by atoms with Crippen molar-refractivity contribution >= 4 is 5.97 Å². The lowest BCUT2D eigenvalue weighted by atomic mass is 9.78. The molecule has 0 bridgehead atoms. The fourth-order valence-electron chi connectivity index (χ4n) is 4.73. The summed E-state index contributed by atoms with van der Waals surface area (Å²) in [6.07, 6.45) is 9.85. The van der Waals surface area contributed by atoms with Crippen LogP contribution in [0.1, 0.15) is 96.1 Å². The number of hydrogen-bond donors (Lipinski definition) is 1. The fourth-order valence-corrected chi connectivity index (χ4v) is 4.73. The zero-order valence-electron chi connectivity index (χ0n) is 21.2. The minimum absolute atomic E-state index is 0.177. The van der Waals surface area contributed by atoms with Crippen molar-refractivity contribution in [3.63, 3.8) is 0 Å². The van der Waals surface area contributed by atoms with Gasteiger partial charge in [0.2, 0.25) is 0 Å². The van der Waals surface area contributed by atoms with Crippen LogP contribution < -0.4 is 0 Å². The van der Waals surface area contributed by atoms with E-state index in [1.54, 1.807) is 0 Å². The summed E-state index contributed by atoms with van der Waals surface area (Å²) in [5, 5.41) is 10.4.